The van der Waals surface area contributed by atoms with E-state index in [1.165, 1.54) is 0 Å². The fraction of sp³-hybridized carbons (Fsp3) is 0.389. The van der Waals surface area contributed by atoms with Gasteiger partial charge in [-0.2, -0.15) is 0 Å². The minimum Gasteiger partial charge on any atom is -0.381 e. The number of ether oxygens (including phenoxy) is 1. The lowest BCUT2D eigenvalue weighted by atomic mass is 9.73. The number of fused-ring (bicyclic) bond motifs is 1. The van der Waals surface area contributed by atoms with Crippen molar-refractivity contribution in [1.82, 2.24) is 14.9 Å². The van der Waals surface area contributed by atoms with Crippen molar-refractivity contribution >= 4 is 11.9 Å². The third kappa shape index (κ3) is 2.43. The first-order valence-corrected chi connectivity index (χ1v) is 8.22. The monoisotopic (exact) mass is 324 g/mol. The van der Waals surface area contributed by atoms with E-state index in [9.17, 15) is 4.79 Å². The Kier molecular flexibility index (Phi) is 3.69. The standard InChI is InChI=1S/C18H20N4O2/c19-17-20-10-13-11-22(12-15(13)21-17)16(23)18(6-8-24-9-7-18)14-4-2-1-3-5-14/h1-5,10H,6-9,11-12H2,(H2,19,20,21). The van der Waals surface area contributed by atoms with Crippen molar-refractivity contribution in [3.63, 3.8) is 0 Å². The third-order valence-corrected chi connectivity index (χ3v) is 5.04. The molecule has 4 rings (SSSR count). The van der Waals surface area contributed by atoms with E-state index in [2.05, 4.69) is 9.97 Å². The average Bonchev–Trinajstić information content (AvgIpc) is 3.05. The second-order valence-corrected chi connectivity index (χ2v) is 6.42. The van der Waals surface area contributed by atoms with Crippen LogP contribution >= 0.6 is 0 Å². The van der Waals surface area contributed by atoms with Gasteiger partial charge in [0.2, 0.25) is 11.9 Å². The van der Waals surface area contributed by atoms with E-state index < -0.39 is 5.41 Å². The molecule has 0 saturated carbocycles. The molecule has 1 aromatic carbocycles. The molecule has 2 aliphatic heterocycles. The minimum atomic E-state index is -0.513. The van der Waals surface area contributed by atoms with E-state index in [-0.39, 0.29) is 11.9 Å². The number of rotatable bonds is 2. The fourth-order valence-corrected chi connectivity index (χ4v) is 3.72. The molecule has 0 aliphatic carbocycles. The summed E-state index contributed by atoms with van der Waals surface area (Å²) in [5.41, 5.74) is 8.06. The number of benzene rings is 1. The average molecular weight is 324 g/mol. The van der Waals surface area contributed by atoms with Crippen LogP contribution in [0, 0.1) is 0 Å². The van der Waals surface area contributed by atoms with Crippen molar-refractivity contribution < 1.29 is 9.53 Å². The quantitative estimate of drug-likeness (QED) is 0.908. The number of nitrogen functional groups attached to an aromatic ring is 1. The maximum absolute atomic E-state index is 13.5. The molecule has 3 heterocycles. The highest BCUT2D eigenvalue weighted by Crippen LogP contribution is 2.38. The Morgan fingerprint density at radius 1 is 1.17 bits per heavy atom. The first-order chi connectivity index (χ1) is 11.7. The van der Waals surface area contributed by atoms with Crippen LogP contribution in [0.4, 0.5) is 5.95 Å². The molecule has 0 radical (unpaired) electrons. The molecule has 1 amide bonds. The molecule has 124 valence electrons. The van der Waals surface area contributed by atoms with E-state index in [0.29, 0.717) is 39.1 Å². The Morgan fingerprint density at radius 3 is 2.67 bits per heavy atom. The number of carbonyl (C=O) groups is 1. The highest BCUT2D eigenvalue weighted by molar-refractivity contribution is 5.88. The molecule has 2 aliphatic rings. The molecule has 0 atom stereocenters. The topological polar surface area (TPSA) is 81.3 Å². The Hall–Kier alpha value is -2.47. The second-order valence-electron chi connectivity index (χ2n) is 6.42. The molecule has 6 nitrogen and oxygen atoms in total. The second kappa shape index (κ2) is 5.87. The summed E-state index contributed by atoms with van der Waals surface area (Å²) in [5.74, 6) is 0.403. The molecule has 1 saturated heterocycles. The van der Waals surface area contributed by atoms with Gasteiger partial charge in [-0.3, -0.25) is 4.79 Å². The molecular weight excluding hydrogens is 304 g/mol. The summed E-state index contributed by atoms with van der Waals surface area (Å²) in [6, 6.07) is 10.1. The van der Waals surface area contributed by atoms with E-state index in [0.717, 1.165) is 16.8 Å². The van der Waals surface area contributed by atoms with Gasteiger partial charge in [0.05, 0.1) is 17.7 Å². The Morgan fingerprint density at radius 2 is 1.92 bits per heavy atom. The van der Waals surface area contributed by atoms with Crippen molar-refractivity contribution in [2.24, 2.45) is 0 Å². The summed E-state index contributed by atoms with van der Waals surface area (Å²) in [6.45, 7) is 2.25. The van der Waals surface area contributed by atoms with Crippen molar-refractivity contribution in [2.75, 3.05) is 18.9 Å². The van der Waals surface area contributed by atoms with Crippen LogP contribution < -0.4 is 5.73 Å². The summed E-state index contributed by atoms with van der Waals surface area (Å²) < 4.78 is 5.53. The minimum absolute atomic E-state index is 0.147. The zero-order chi connectivity index (χ0) is 16.6. The van der Waals surface area contributed by atoms with Gasteiger partial charge in [0.15, 0.2) is 0 Å². The van der Waals surface area contributed by atoms with Crippen molar-refractivity contribution in [2.45, 2.75) is 31.3 Å². The Labute approximate surface area is 140 Å². The molecule has 0 spiro atoms. The number of amides is 1. The molecule has 6 heteroatoms. The largest absolute Gasteiger partial charge is 0.381 e. The van der Waals surface area contributed by atoms with Crippen LogP contribution in [0.1, 0.15) is 29.7 Å². The third-order valence-electron chi connectivity index (χ3n) is 5.04. The number of anilines is 1. The van der Waals surface area contributed by atoms with Crippen LogP contribution in [0.5, 0.6) is 0 Å². The fourth-order valence-electron chi connectivity index (χ4n) is 3.72. The number of nitrogens with two attached hydrogens (primary N) is 1. The van der Waals surface area contributed by atoms with Crippen LogP contribution in [-0.4, -0.2) is 34.0 Å². The predicted molar refractivity (Wildman–Crippen MR) is 88.9 cm³/mol. The van der Waals surface area contributed by atoms with Gasteiger partial charge in [-0.15, -0.1) is 0 Å². The molecule has 24 heavy (non-hydrogen) atoms. The first kappa shape index (κ1) is 15.1. The zero-order valence-electron chi connectivity index (χ0n) is 13.4. The van der Waals surface area contributed by atoms with Gasteiger partial charge in [0.1, 0.15) is 0 Å². The van der Waals surface area contributed by atoms with Crippen LogP contribution in [0.15, 0.2) is 36.5 Å². The molecule has 0 bridgehead atoms. The van der Waals surface area contributed by atoms with Gasteiger partial charge in [-0.1, -0.05) is 30.3 Å². The van der Waals surface area contributed by atoms with Crippen LogP contribution in [0.3, 0.4) is 0 Å². The van der Waals surface area contributed by atoms with Gasteiger partial charge in [-0.25, -0.2) is 9.97 Å². The molecule has 1 fully saturated rings. The van der Waals surface area contributed by atoms with Crippen molar-refractivity contribution in [3.05, 3.63) is 53.3 Å². The highest BCUT2D eigenvalue weighted by atomic mass is 16.5. The summed E-state index contributed by atoms with van der Waals surface area (Å²) in [7, 11) is 0. The maximum atomic E-state index is 13.5. The first-order valence-electron chi connectivity index (χ1n) is 8.22. The van der Waals surface area contributed by atoms with Gasteiger partial charge >= 0.3 is 0 Å². The Balaban J connectivity index is 1.66. The number of hydrogen-bond donors (Lipinski definition) is 1. The zero-order valence-corrected chi connectivity index (χ0v) is 13.4. The number of carbonyl (C=O) groups excluding carboxylic acids is 1. The smallest absolute Gasteiger partial charge is 0.234 e. The predicted octanol–water partition coefficient (Wildman–Crippen LogP) is 1.65. The molecule has 1 aromatic heterocycles. The van der Waals surface area contributed by atoms with Gasteiger partial charge in [-0.05, 0) is 18.4 Å². The summed E-state index contributed by atoms with van der Waals surface area (Å²) >= 11 is 0. The number of nitrogens with zero attached hydrogens (tertiary/aromatic N) is 3. The maximum Gasteiger partial charge on any atom is 0.234 e. The highest BCUT2D eigenvalue weighted by Gasteiger charge is 2.45. The van der Waals surface area contributed by atoms with Crippen molar-refractivity contribution in [1.29, 1.82) is 0 Å². The van der Waals surface area contributed by atoms with Gasteiger partial charge in [0.25, 0.3) is 0 Å². The van der Waals surface area contributed by atoms with E-state index in [1.54, 1.807) is 6.20 Å². The molecule has 2 N–H and O–H groups in total. The SMILES string of the molecule is Nc1ncc2c(n1)CN(C(=O)C1(c3ccccc3)CCOCC1)C2. The van der Waals surface area contributed by atoms with E-state index in [4.69, 9.17) is 10.5 Å². The normalized spacial score (nSPS) is 19.1. The molecule has 2 aromatic rings. The van der Waals surface area contributed by atoms with Crippen LogP contribution in [0.2, 0.25) is 0 Å². The summed E-state index contributed by atoms with van der Waals surface area (Å²) in [5, 5.41) is 0. The lowest BCUT2D eigenvalue weighted by Crippen LogP contribution is -2.48. The van der Waals surface area contributed by atoms with E-state index in [1.807, 2.05) is 35.2 Å². The van der Waals surface area contributed by atoms with Crippen LogP contribution in [0.25, 0.3) is 0 Å². The summed E-state index contributed by atoms with van der Waals surface area (Å²) in [6.07, 6.45) is 3.14. The Bertz CT molecular complexity index is 757. The van der Waals surface area contributed by atoms with E-state index >= 15 is 0 Å². The van der Waals surface area contributed by atoms with Crippen molar-refractivity contribution in [3.8, 4) is 0 Å². The lowest BCUT2D eigenvalue weighted by molar-refractivity contribution is -0.142. The summed E-state index contributed by atoms with van der Waals surface area (Å²) in [4.78, 5) is 23.7. The molecular formula is C18H20N4O2. The lowest BCUT2D eigenvalue weighted by Gasteiger charge is -2.39. The van der Waals surface area contributed by atoms with Gasteiger partial charge in [0, 0.05) is 31.5 Å². The van der Waals surface area contributed by atoms with Gasteiger partial charge < -0.3 is 15.4 Å². The van der Waals surface area contributed by atoms with Crippen LogP contribution in [-0.2, 0) is 28.0 Å². The molecule has 0 unspecified atom stereocenters. The number of aromatic nitrogens is 2. The number of hydrogen-bond acceptors (Lipinski definition) is 5.